The molecule has 4 rings (SSSR count). The molecule has 2 heterocycles. The highest BCUT2D eigenvalue weighted by Gasteiger charge is 2.28. The van der Waals surface area contributed by atoms with Crippen LogP contribution in [0, 0.1) is 0 Å². The maximum atomic E-state index is 12.4. The van der Waals surface area contributed by atoms with Gasteiger partial charge in [0.25, 0.3) is 0 Å². The van der Waals surface area contributed by atoms with E-state index in [-0.39, 0.29) is 5.97 Å². The molecule has 2 aliphatic rings. The first-order valence-electron chi connectivity index (χ1n) is 9.90. The highest BCUT2D eigenvalue weighted by molar-refractivity contribution is 7.80. The number of ether oxygens (including phenoxy) is 1. The minimum Gasteiger partial charge on any atom is -0.506 e. The number of phenols is 1. The molecular formula is C21H25N3O3S2. The number of hydrogen-bond donors (Lipinski definition) is 2. The lowest BCUT2D eigenvalue weighted by molar-refractivity contribution is 0.0601. The van der Waals surface area contributed by atoms with E-state index in [4.69, 9.17) is 17.0 Å². The van der Waals surface area contributed by atoms with E-state index in [1.54, 1.807) is 17.4 Å². The van der Waals surface area contributed by atoms with Gasteiger partial charge in [0.2, 0.25) is 0 Å². The van der Waals surface area contributed by atoms with Gasteiger partial charge in [0, 0.05) is 31.1 Å². The fourth-order valence-corrected chi connectivity index (χ4v) is 5.66. The van der Waals surface area contributed by atoms with Gasteiger partial charge in [0.15, 0.2) is 5.11 Å². The summed E-state index contributed by atoms with van der Waals surface area (Å²) in [6.07, 6.45) is 4.19. The summed E-state index contributed by atoms with van der Waals surface area (Å²) >= 11 is 7.29. The van der Waals surface area contributed by atoms with E-state index in [9.17, 15) is 9.90 Å². The van der Waals surface area contributed by atoms with Crippen LogP contribution in [0.25, 0.3) is 0 Å². The van der Waals surface area contributed by atoms with Crippen LogP contribution in [0.15, 0.2) is 24.3 Å². The van der Waals surface area contributed by atoms with Crippen LogP contribution < -0.4 is 10.2 Å². The lowest BCUT2D eigenvalue weighted by Gasteiger charge is -2.37. The monoisotopic (exact) mass is 431 g/mol. The molecule has 6 nitrogen and oxygen atoms in total. The fraction of sp³-hybridized carbons (Fsp3) is 0.429. The summed E-state index contributed by atoms with van der Waals surface area (Å²) in [5, 5.41) is 14.8. The van der Waals surface area contributed by atoms with E-state index in [0.717, 1.165) is 68.1 Å². The third-order valence-corrected chi connectivity index (χ3v) is 7.14. The van der Waals surface area contributed by atoms with Gasteiger partial charge in [-0.05, 0) is 55.6 Å². The number of fused-ring (bicyclic) bond motifs is 1. The standard InChI is InChI=1S/C21H25N3O3S2/c1-27-20(26)18-14-6-2-5-9-17(14)29-19(18)22-21(28)24-12-10-23(11-13-24)15-7-3-4-8-16(15)25/h3-4,7-8,25H,2,5-6,9-13H2,1H3,(H,22,28). The number of phenolic OH excluding ortho intramolecular Hbond substituents is 1. The molecule has 1 aliphatic carbocycles. The van der Waals surface area contributed by atoms with Crippen LogP contribution in [0.2, 0.25) is 0 Å². The van der Waals surface area contributed by atoms with Crippen molar-refractivity contribution in [3.05, 3.63) is 40.3 Å². The SMILES string of the molecule is COC(=O)c1c(NC(=S)N2CCN(c3ccccc3O)CC2)sc2c1CCCC2. The average Bonchev–Trinajstić information content (AvgIpc) is 3.11. The lowest BCUT2D eigenvalue weighted by atomic mass is 9.95. The van der Waals surface area contributed by atoms with Crippen molar-refractivity contribution in [2.24, 2.45) is 0 Å². The number of aromatic hydroxyl groups is 1. The van der Waals surface area contributed by atoms with Crippen molar-refractivity contribution in [2.75, 3.05) is 43.5 Å². The third kappa shape index (κ3) is 4.04. The number of aryl methyl sites for hydroxylation is 1. The van der Waals surface area contributed by atoms with E-state index >= 15 is 0 Å². The number of benzene rings is 1. The number of hydrogen-bond acceptors (Lipinski definition) is 6. The summed E-state index contributed by atoms with van der Waals surface area (Å²) in [6, 6.07) is 7.40. The summed E-state index contributed by atoms with van der Waals surface area (Å²) in [7, 11) is 1.43. The molecular weight excluding hydrogens is 406 g/mol. The number of piperazine rings is 1. The molecule has 0 radical (unpaired) electrons. The minimum absolute atomic E-state index is 0.293. The first-order chi connectivity index (χ1) is 14.1. The Hall–Kier alpha value is -2.32. The highest BCUT2D eigenvalue weighted by Crippen LogP contribution is 2.38. The van der Waals surface area contributed by atoms with Gasteiger partial charge < -0.3 is 25.0 Å². The number of nitrogens with one attached hydrogen (secondary N) is 1. The average molecular weight is 432 g/mol. The zero-order valence-corrected chi connectivity index (χ0v) is 18.1. The zero-order chi connectivity index (χ0) is 20.4. The van der Waals surface area contributed by atoms with E-state index in [1.165, 1.54) is 12.0 Å². The number of nitrogens with zero attached hydrogens (tertiary/aromatic N) is 2. The summed E-state index contributed by atoms with van der Waals surface area (Å²) in [5.74, 6) is 0.00705. The number of carbonyl (C=O) groups excluding carboxylic acids is 1. The zero-order valence-electron chi connectivity index (χ0n) is 16.4. The Bertz CT molecular complexity index is 920. The van der Waals surface area contributed by atoms with Crippen molar-refractivity contribution in [3.63, 3.8) is 0 Å². The quantitative estimate of drug-likeness (QED) is 0.568. The first kappa shape index (κ1) is 20.0. The smallest absolute Gasteiger partial charge is 0.341 e. The molecule has 1 saturated heterocycles. The number of esters is 1. The largest absolute Gasteiger partial charge is 0.506 e. The predicted octanol–water partition coefficient (Wildman–Crippen LogP) is 3.64. The molecule has 0 amide bonds. The van der Waals surface area contributed by atoms with Gasteiger partial charge in [-0.25, -0.2) is 4.79 Å². The highest BCUT2D eigenvalue weighted by atomic mass is 32.1. The van der Waals surface area contributed by atoms with E-state index < -0.39 is 0 Å². The lowest BCUT2D eigenvalue weighted by Crippen LogP contribution is -2.50. The summed E-state index contributed by atoms with van der Waals surface area (Å²) in [6.45, 7) is 3.03. The Kier molecular flexibility index (Phi) is 5.91. The normalized spacial score (nSPS) is 16.3. The Balaban J connectivity index is 1.45. The van der Waals surface area contributed by atoms with Crippen LogP contribution in [-0.2, 0) is 17.6 Å². The van der Waals surface area contributed by atoms with Gasteiger partial charge in [-0.15, -0.1) is 11.3 Å². The number of thiophene rings is 1. The topological polar surface area (TPSA) is 65.0 Å². The predicted molar refractivity (Wildman–Crippen MR) is 120 cm³/mol. The Morgan fingerprint density at radius 3 is 2.62 bits per heavy atom. The summed E-state index contributed by atoms with van der Waals surface area (Å²) in [4.78, 5) is 18.0. The van der Waals surface area contributed by atoms with Gasteiger partial charge in [0.05, 0.1) is 18.4 Å². The molecule has 2 N–H and O–H groups in total. The van der Waals surface area contributed by atoms with Gasteiger partial charge in [-0.1, -0.05) is 12.1 Å². The second-order valence-electron chi connectivity index (χ2n) is 7.30. The molecule has 0 atom stereocenters. The Morgan fingerprint density at radius 2 is 1.90 bits per heavy atom. The second-order valence-corrected chi connectivity index (χ2v) is 8.79. The van der Waals surface area contributed by atoms with Crippen molar-refractivity contribution in [2.45, 2.75) is 25.7 Å². The van der Waals surface area contributed by atoms with Crippen LogP contribution in [0.3, 0.4) is 0 Å². The van der Waals surface area contributed by atoms with E-state index in [1.807, 2.05) is 18.2 Å². The molecule has 1 aromatic heterocycles. The van der Waals surface area contributed by atoms with Gasteiger partial charge >= 0.3 is 5.97 Å². The van der Waals surface area contributed by atoms with Crippen LogP contribution in [0.5, 0.6) is 5.75 Å². The van der Waals surface area contributed by atoms with Crippen molar-refractivity contribution in [1.82, 2.24) is 4.90 Å². The number of methoxy groups -OCH3 is 1. The number of carbonyl (C=O) groups is 1. The number of thiocarbonyl (C=S) groups is 1. The fourth-order valence-electron chi connectivity index (χ4n) is 4.03. The van der Waals surface area contributed by atoms with Crippen molar-refractivity contribution in [3.8, 4) is 5.75 Å². The van der Waals surface area contributed by atoms with Gasteiger partial charge in [0.1, 0.15) is 10.8 Å². The Morgan fingerprint density at radius 1 is 1.17 bits per heavy atom. The molecule has 1 fully saturated rings. The molecule has 154 valence electrons. The van der Waals surface area contributed by atoms with Crippen molar-refractivity contribution >= 4 is 45.3 Å². The molecule has 29 heavy (non-hydrogen) atoms. The Labute approximate surface area is 180 Å². The number of anilines is 2. The van der Waals surface area contributed by atoms with E-state index in [0.29, 0.717) is 16.4 Å². The molecule has 0 saturated carbocycles. The molecule has 8 heteroatoms. The third-order valence-electron chi connectivity index (χ3n) is 5.57. The minimum atomic E-state index is -0.293. The van der Waals surface area contributed by atoms with Gasteiger partial charge in [-0.2, -0.15) is 0 Å². The molecule has 0 unspecified atom stereocenters. The maximum absolute atomic E-state index is 12.4. The van der Waals surface area contributed by atoms with Crippen LogP contribution >= 0.6 is 23.6 Å². The van der Waals surface area contributed by atoms with E-state index in [2.05, 4.69) is 15.1 Å². The second kappa shape index (κ2) is 8.59. The summed E-state index contributed by atoms with van der Waals surface area (Å²) < 4.78 is 5.04. The number of rotatable bonds is 3. The molecule has 2 aromatic rings. The number of para-hydroxylation sites is 2. The van der Waals surface area contributed by atoms with Crippen LogP contribution in [0.1, 0.15) is 33.6 Å². The molecule has 1 aromatic carbocycles. The van der Waals surface area contributed by atoms with Gasteiger partial charge in [-0.3, -0.25) is 0 Å². The van der Waals surface area contributed by atoms with Crippen molar-refractivity contribution in [1.29, 1.82) is 0 Å². The molecule has 0 spiro atoms. The molecule has 1 aliphatic heterocycles. The van der Waals surface area contributed by atoms with Crippen LogP contribution in [0.4, 0.5) is 10.7 Å². The molecule has 0 bridgehead atoms. The maximum Gasteiger partial charge on any atom is 0.341 e. The summed E-state index contributed by atoms with van der Waals surface area (Å²) in [5.41, 5.74) is 2.63. The van der Waals surface area contributed by atoms with Crippen LogP contribution in [-0.4, -0.2) is 54.4 Å². The first-order valence-corrected chi connectivity index (χ1v) is 11.1. The van der Waals surface area contributed by atoms with Crippen molar-refractivity contribution < 1.29 is 14.6 Å².